The third kappa shape index (κ3) is 1.96. The summed E-state index contributed by atoms with van der Waals surface area (Å²) in [6, 6.07) is 12.7. The average molecular weight is 238 g/mol. The molecule has 88 valence electrons. The second kappa shape index (κ2) is 4.33. The molecule has 18 heavy (non-hydrogen) atoms. The molecular weight excluding hydrogens is 228 g/mol. The van der Waals surface area contributed by atoms with Gasteiger partial charge >= 0.3 is 0 Å². The zero-order valence-corrected chi connectivity index (χ0v) is 9.46. The van der Waals surface area contributed by atoms with E-state index in [1.54, 1.807) is 18.3 Å². The molecule has 0 saturated carbocycles. The van der Waals surface area contributed by atoms with E-state index in [1.807, 2.05) is 30.3 Å². The lowest BCUT2D eigenvalue weighted by Crippen LogP contribution is -2.10. The van der Waals surface area contributed by atoms with Crippen LogP contribution in [-0.4, -0.2) is 10.9 Å². The number of carbonyl (C=O) groups excluding carboxylic acids is 1. The molecule has 1 N–H and O–H groups in total. The van der Waals surface area contributed by atoms with Crippen molar-refractivity contribution in [3.05, 3.63) is 60.7 Å². The van der Waals surface area contributed by atoms with Crippen LogP contribution < -0.4 is 5.32 Å². The highest BCUT2D eigenvalue weighted by molar-refractivity contribution is 6.03. The van der Waals surface area contributed by atoms with Crippen molar-refractivity contribution in [1.29, 1.82) is 0 Å². The van der Waals surface area contributed by atoms with Crippen molar-refractivity contribution in [3.8, 4) is 0 Å². The van der Waals surface area contributed by atoms with E-state index >= 15 is 0 Å². The first-order valence-corrected chi connectivity index (χ1v) is 5.52. The van der Waals surface area contributed by atoms with Crippen LogP contribution in [0.5, 0.6) is 0 Å². The van der Waals surface area contributed by atoms with Crippen LogP contribution in [0.2, 0.25) is 0 Å². The number of amides is 1. The second-order valence-electron chi connectivity index (χ2n) is 3.84. The van der Waals surface area contributed by atoms with Gasteiger partial charge in [0, 0.05) is 17.3 Å². The van der Waals surface area contributed by atoms with Gasteiger partial charge in [0.25, 0.3) is 5.91 Å². The molecule has 4 nitrogen and oxygen atoms in total. The Morgan fingerprint density at radius 3 is 2.94 bits per heavy atom. The Balaban J connectivity index is 1.89. The lowest BCUT2D eigenvalue weighted by atomic mass is 10.2. The van der Waals surface area contributed by atoms with Crippen molar-refractivity contribution in [3.63, 3.8) is 0 Å². The normalized spacial score (nSPS) is 10.4. The molecule has 0 unspecified atom stereocenters. The number of hydrogen-bond acceptors (Lipinski definition) is 3. The van der Waals surface area contributed by atoms with E-state index < -0.39 is 0 Å². The van der Waals surface area contributed by atoms with Gasteiger partial charge in [-0.15, -0.1) is 0 Å². The molecule has 1 aromatic carbocycles. The number of aromatic nitrogens is 1. The Morgan fingerprint density at radius 2 is 2.11 bits per heavy atom. The van der Waals surface area contributed by atoms with E-state index in [4.69, 9.17) is 4.42 Å². The summed E-state index contributed by atoms with van der Waals surface area (Å²) in [4.78, 5) is 16.0. The Morgan fingerprint density at radius 1 is 1.17 bits per heavy atom. The second-order valence-corrected chi connectivity index (χ2v) is 3.84. The van der Waals surface area contributed by atoms with Crippen molar-refractivity contribution in [1.82, 2.24) is 4.98 Å². The largest absolute Gasteiger partial charge is 0.459 e. The van der Waals surface area contributed by atoms with Gasteiger partial charge in [-0.1, -0.05) is 6.07 Å². The van der Waals surface area contributed by atoms with Crippen LogP contribution in [0.1, 0.15) is 10.6 Å². The number of rotatable bonds is 2. The van der Waals surface area contributed by atoms with Crippen LogP contribution in [0.15, 0.2) is 59.3 Å². The molecule has 2 aromatic heterocycles. The standard InChI is InChI=1S/C14H10N2O2/c17-14(13-4-2-8-18-13)16-11-5-6-12-10(9-11)3-1-7-15-12/h1-9H,(H,16,17). The topological polar surface area (TPSA) is 55.1 Å². The molecule has 1 amide bonds. The van der Waals surface area contributed by atoms with E-state index in [1.165, 1.54) is 6.26 Å². The molecule has 4 heteroatoms. The van der Waals surface area contributed by atoms with Gasteiger partial charge < -0.3 is 9.73 Å². The van der Waals surface area contributed by atoms with Crippen LogP contribution in [-0.2, 0) is 0 Å². The molecule has 0 spiro atoms. The molecule has 3 rings (SSSR count). The molecule has 0 saturated heterocycles. The predicted octanol–water partition coefficient (Wildman–Crippen LogP) is 3.08. The van der Waals surface area contributed by atoms with Crippen LogP contribution >= 0.6 is 0 Å². The van der Waals surface area contributed by atoms with Gasteiger partial charge in [-0.3, -0.25) is 9.78 Å². The van der Waals surface area contributed by atoms with Gasteiger partial charge in [0.2, 0.25) is 0 Å². The summed E-state index contributed by atoms with van der Waals surface area (Å²) in [5.74, 6) is 0.0320. The SMILES string of the molecule is O=C(Nc1ccc2ncccc2c1)c1ccco1. The zero-order valence-electron chi connectivity index (χ0n) is 9.46. The van der Waals surface area contributed by atoms with Gasteiger partial charge in [-0.2, -0.15) is 0 Å². The number of pyridine rings is 1. The molecule has 0 fully saturated rings. The molecule has 0 aliphatic heterocycles. The fourth-order valence-electron chi connectivity index (χ4n) is 1.75. The first-order chi connectivity index (χ1) is 8.83. The zero-order chi connectivity index (χ0) is 12.4. The predicted molar refractivity (Wildman–Crippen MR) is 68.4 cm³/mol. The smallest absolute Gasteiger partial charge is 0.291 e. The molecule has 0 radical (unpaired) electrons. The number of carbonyl (C=O) groups is 1. The number of benzene rings is 1. The van der Waals surface area contributed by atoms with Crippen molar-refractivity contribution < 1.29 is 9.21 Å². The summed E-state index contributed by atoms with van der Waals surface area (Å²) in [6.07, 6.45) is 3.21. The number of furan rings is 1. The van der Waals surface area contributed by atoms with E-state index in [2.05, 4.69) is 10.3 Å². The minimum atomic E-state index is -0.261. The molecule has 0 atom stereocenters. The summed E-state index contributed by atoms with van der Waals surface area (Å²) in [5.41, 5.74) is 1.62. The van der Waals surface area contributed by atoms with Crippen LogP contribution in [0.3, 0.4) is 0 Å². The maximum absolute atomic E-state index is 11.8. The minimum absolute atomic E-state index is 0.261. The van der Waals surface area contributed by atoms with Gasteiger partial charge in [-0.05, 0) is 36.4 Å². The summed E-state index contributed by atoms with van der Waals surface area (Å²) < 4.78 is 5.03. The Hall–Kier alpha value is -2.62. The van der Waals surface area contributed by atoms with Gasteiger partial charge in [0.15, 0.2) is 5.76 Å². The maximum atomic E-state index is 11.8. The number of nitrogens with zero attached hydrogens (tertiary/aromatic N) is 1. The summed E-state index contributed by atoms with van der Waals surface area (Å²) in [6.45, 7) is 0. The van der Waals surface area contributed by atoms with Crippen LogP contribution in [0.25, 0.3) is 10.9 Å². The lowest BCUT2D eigenvalue weighted by Gasteiger charge is -2.04. The molecule has 0 aliphatic rings. The summed E-state index contributed by atoms with van der Waals surface area (Å²) >= 11 is 0. The fourth-order valence-corrected chi connectivity index (χ4v) is 1.75. The van der Waals surface area contributed by atoms with Crippen molar-refractivity contribution >= 4 is 22.5 Å². The Kier molecular flexibility index (Phi) is 2.53. The van der Waals surface area contributed by atoms with Crippen molar-refractivity contribution in [2.75, 3.05) is 5.32 Å². The maximum Gasteiger partial charge on any atom is 0.291 e. The number of nitrogens with one attached hydrogen (secondary N) is 1. The van der Waals surface area contributed by atoms with Gasteiger partial charge in [0.05, 0.1) is 11.8 Å². The molecule has 3 aromatic rings. The molecule has 0 bridgehead atoms. The van der Waals surface area contributed by atoms with Crippen molar-refractivity contribution in [2.45, 2.75) is 0 Å². The van der Waals surface area contributed by atoms with Crippen LogP contribution in [0, 0.1) is 0 Å². The number of anilines is 1. The number of hydrogen-bond donors (Lipinski definition) is 1. The first kappa shape index (κ1) is 10.5. The van der Waals surface area contributed by atoms with E-state index in [-0.39, 0.29) is 5.91 Å². The Bertz CT molecular complexity index is 690. The highest BCUT2D eigenvalue weighted by Gasteiger charge is 2.08. The molecule has 0 aliphatic carbocycles. The first-order valence-electron chi connectivity index (χ1n) is 5.52. The highest BCUT2D eigenvalue weighted by Crippen LogP contribution is 2.17. The third-order valence-corrected chi connectivity index (χ3v) is 2.61. The van der Waals surface area contributed by atoms with Crippen LogP contribution in [0.4, 0.5) is 5.69 Å². The number of fused-ring (bicyclic) bond motifs is 1. The van der Waals surface area contributed by atoms with Gasteiger partial charge in [-0.25, -0.2) is 0 Å². The van der Waals surface area contributed by atoms with E-state index in [9.17, 15) is 4.79 Å². The van der Waals surface area contributed by atoms with E-state index in [0.717, 1.165) is 16.6 Å². The van der Waals surface area contributed by atoms with Crippen molar-refractivity contribution in [2.24, 2.45) is 0 Å². The monoisotopic (exact) mass is 238 g/mol. The Labute approximate surface area is 103 Å². The quantitative estimate of drug-likeness (QED) is 0.746. The third-order valence-electron chi connectivity index (χ3n) is 2.61. The molecule has 2 heterocycles. The van der Waals surface area contributed by atoms with Gasteiger partial charge in [0.1, 0.15) is 0 Å². The summed E-state index contributed by atoms with van der Waals surface area (Å²) in [5, 5.41) is 3.76. The van der Waals surface area contributed by atoms with E-state index in [0.29, 0.717) is 5.76 Å². The molecular formula is C14H10N2O2. The lowest BCUT2D eigenvalue weighted by molar-refractivity contribution is 0.0996. The minimum Gasteiger partial charge on any atom is -0.459 e. The highest BCUT2D eigenvalue weighted by atomic mass is 16.3. The fraction of sp³-hybridized carbons (Fsp3) is 0. The average Bonchev–Trinajstić information content (AvgIpc) is 2.92. The summed E-state index contributed by atoms with van der Waals surface area (Å²) in [7, 11) is 0.